The van der Waals surface area contributed by atoms with Crippen LogP contribution in [0.3, 0.4) is 0 Å². The Bertz CT molecular complexity index is 846. The number of nitro groups is 1. The Morgan fingerprint density at radius 3 is 2.72 bits per heavy atom. The number of carbonyl (C=O) groups excluding carboxylic acids is 1. The van der Waals surface area contributed by atoms with Crippen LogP contribution in [0.25, 0.3) is 0 Å². The molecule has 1 aromatic heterocycles. The topological polar surface area (TPSA) is 122 Å². The maximum absolute atomic E-state index is 12.5. The SMILES string of the molecule is N#Cc1nccnc1OC1CCN(C(=O)c2ccc([N+](=O)[O-])cc2)C1. The van der Waals surface area contributed by atoms with E-state index in [1.807, 2.05) is 6.07 Å². The van der Waals surface area contributed by atoms with Crippen LogP contribution < -0.4 is 4.74 Å². The third-order valence-electron chi connectivity index (χ3n) is 3.81. The van der Waals surface area contributed by atoms with E-state index in [1.165, 1.54) is 36.7 Å². The first-order chi connectivity index (χ1) is 12.1. The lowest BCUT2D eigenvalue weighted by Gasteiger charge is -2.17. The molecule has 0 spiro atoms. The van der Waals surface area contributed by atoms with E-state index in [2.05, 4.69) is 9.97 Å². The first-order valence-corrected chi connectivity index (χ1v) is 7.50. The second-order valence-electron chi connectivity index (χ2n) is 5.41. The minimum Gasteiger partial charge on any atom is -0.470 e. The first kappa shape index (κ1) is 16.3. The summed E-state index contributed by atoms with van der Waals surface area (Å²) in [6.45, 7) is 0.833. The van der Waals surface area contributed by atoms with Crippen molar-refractivity contribution in [2.75, 3.05) is 13.1 Å². The second kappa shape index (κ2) is 6.92. The van der Waals surface area contributed by atoms with E-state index < -0.39 is 4.92 Å². The van der Waals surface area contributed by atoms with Gasteiger partial charge in [-0.1, -0.05) is 0 Å². The number of likely N-dealkylation sites (tertiary alicyclic amines) is 1. The number of benzene rings is 1. The third kappa shape index (κ3) is 3.53. The molecule has 126 valence electrons. The highest BCUT2D eigenvalue weighted by atomic mass is 16.6. The Hall–Kier alpha value is -3.54. The van der Waals surface area contributed by atoms with Crippen LogP contribution in [0.2, 0.25) is 0 Å². The smallest absolute Gasteiger partial charge is 0.269 e. The fraction of sp³-hybridized carbons (Fsp3) is 0.250. The molecule has 2 aromatic rings. The molecule has 2 heterocycles. The molecule has 3 rings (SSSR count). The highest BCUT2D eigenvalue weighted by Crippen LogP contribution is 2.21. The van der Waals surface area contributed by atoms with Gasteiger partial charge in [0, 0.05) is 43.1 Å². The monoisotopic (exact) mass is 339 g/mol. The normalized spacial score (nSPS) is 16.3. The fourth-order valence-corrected chi connectivity index (χ4v) is 2.56. The van der Waals surface area contributed by atoms with Gasteiger partial charge in [-0.3, -0.25) is 14.9 Å². The van der Waals surface area contributed by atoms with E-state index in [1.54, 1.807) is 4.90 Å². The number of nitriles is 1. The molecule has 0 saturated carbocycles. The fourth-order valence-electron chi connectivity index (χ4n) is 2.56. The number of hydrogen-bond donors (Lipinski definition) is 0. The Labute approximate surface area is 142 Å². The van der Waals surface area contributed by atoms with Gasteiger partial charge < -0.3 is 9.64 Å². The van der Waals surface area contributed by atoms with Crippen molar-refractivity contribution in [2.45, 2.75) is 12.5 Å². The standard InChI is InChI=1S/C16H13N5O4/c17-9-14-15(19-7-6-18-14)25-13-5-8-20(10-13)16(22)11-1-3-12(4-2-11)21(23)24/h1-4,6-7,13H,5,8,10H2. The predicted octanol–water partition coefficient (Wildman–Crippen LogP) is 1.55. The summed E-state index contributed by atoms with van der Waals surface area (Å²) in [6.07, 6.45) is 3.15. The number of non-ortho nitro benzene ring substituents is 1. The lowest BCUT2D eigenvalue weighted by Crippen LogP contribution is -2.31. The predicted molar refractivity (Wildman–Crippen MR) is 84.8 cm³/mol. The molecule has 1 fully saturated rings. The maximum Gasteiger partial charge on any atom is 0.269 e. The number of aromatic nitrogens is 2. The number of rotatable bonds is 4. The van der Waals surface area contributed by atoms with Crippen LogP contribution >= 0.6 is 0 Å². The van der Waals surface area contributed by atoms with Crippen molar-refractivity contribution in [3.63, 3.8) is 0 Å². The Balaban J connectivity index is 1.65. The van der Waals surface area contributed by atoms with Gasteiger partial charge in [-0.15, -0.1) is 0 Å². The molecule has 1 atom stereocenters. The average Bonchev–Trinajstić information content (AvgIpc) is 3.10. The number of nitrogens with zero attached hydrogens (tertiary/aromatic N) is 5. The van der Waals surface area contributed by atoms with Gasteiger partial charge in [0.2, 0.25) is 5.69 Å². The van der Waals surface area contributed by atoms with E-state index in [4.69, 9.17) is 10.00 Å². The van der Waals surface area contributed by atoms with Crippen molar-refractivity contribution in [1.82, 2.24) is 14.9 Å². The zero-order chi connectivity index (χ0) is 17.8. The number of carbonyl (C=O) groups is 1. The molecule has 1 aliphatic rings. The van der Waals surface area contributed by atoms with Crippen LogP contribution in [0.15, 0.2) is 36.7 Å². The molecule has 0 radical (unpaired) electrons. The van der Waals surface area contributed by atoms with E-state index in [0.29, 0.717) is 25.1 Å². The lowest BCUT2D eigenvalue weighted by atomic mass is 10.2. The van der Waals surface area contributed by atoms with Crippen LogP contribution in [0, 0.1) is 21.4 Å². The number of ether oxygens (including phenoxy) is 1. The summed E-state index contributed by atoms with van der Waals surface area (Å²) in [4.78, 5) is 32.1. The van der Waals surface area contributed by atoms with Crippen LogP contribution in [-0.4, -0.2) is 44.9 Å². The minimum atomic E-state index is -0.512. The Morgan fingerprint density at radius 2 is 2.04 bits per heavy atom. The van der Waals surface area contributed by atoms with E-state index in [-0.39, 0.29) is 29.3 Å². The summed E-state index contributed by atoms with van der Waals surface area (Å²) in [5.74, 6) is -0.0692. The summed E-state index contributed by atoms with van der Waals surface area (Å²) in [7, 11) is 0. The molecule has 1 aliphatic heterocycles. The van der Waals surface area contributed by atoms with Crippen molar-refractivity contribution >= 4 is 11.6 Å². The molecular formula is C16H13N5O4. The zero-order valence-corrected chi connectivity index (χ0v) is 13.0. The van der Waals surface area contributed by atoms with Crippen LogP contribution in [0.4, 0.5) is 5.69 Å². The van der Waals surface area contributed by atoms with E-state index in [0.717, 1.165) is 0 Å². The minimum absolute atomic E-state index is 0.0640. The van der Waals surface area contributed by atoms with Crippen molar-refractivity contribution in [1.29, 1.82) is 5.26 Å². The highest BCUT2D eigenvalue weighted by molar-refractivity contribution is 5.94. The van der Waals surface area contributed by atoms with Crippen LogP contribution in [0.5, 0.6) is 5.88 Å². The van der Waals surface area contributed by atoms with Crippen molar-refractivity contribution in [3.8, 4) is 11.9 Å². The van der Waals surface area contributed by atoms with Crippen LogP contribution in [-0.2, 0) is 0 Å². The molecule has 9 nitrogen and oxygen atoms in total. The van der Waals surface area contributed by atoms with Gasteiger partial charge in [0.1, 0.15) is 12.2 Å². The third-order valence-corrected chi connectivity index (χ3v) is 3.81. The first-order valence-electron chi connectivity index (χ1n) is 7.50. The van der Waals surface area contributed by atoms with Crippen molar-refractivity contribution < 1.29 is 14.5 Å². The lowest BCUT2D eigenvalue weighted by molar-refractivity contribution is -0.384. The largest absolute Gasteiger partial charge is 0.470 e. The van der Waals surface area contributed by atoms with Gasteiger partial charge in [0.25, 0.3) is 17.5 Å². The van der Waals surface area contributed by atoms with E-state index >= 15 is 0 Å². The molecule has 1 unspecified atom stereocenters. The molecule has 25 heavy (non-hydrogen) atoms. The second-order valence-corrected chi connectivity index (χ2v) is 5.41. The molecule has 1 amide bonds. The van der Waals surface area contributed by atoms with Crippen molar-refractivity contribution in [3.05, 3.63) is 58.0 Å². The van der Waals surface area contributed by atoms with Gasteiger partial charge >= 0.3 is 0 Å². The molecule has 0 bridgehead atoms. The molecule has 9 heteroatoms. The maximum atomic E-state index is 12.5. The quantitative estimate of drug-likeness (QED) is 0.611. The summed E-state index contributed by atoms with van der Waals surface area (Å²) in [5.41, 5.74) is 0.414. The van der Waals surface area contributed by atoms with Gasteiger partial charge in [-0.25, -0.2) is 9.97 Å². The zero-order valence-electron chi connectivity index (χ0n) is 13.0. The molecule has 0 N–H and O–H groups in total. The Kier molecular flexibility index (Phi) is 4.52. The van der Waals surface area contributed by atoms with Gasteiger partial charge in [0.05, 0.1) is 11.5 Å². The molecule has 0 aliphatic carbocycles. The van der Waals surface area contributed by atoms with Gasteiger partial charge in [-0.05, 0) is 12.1 Å². The molecule has 1 aromatic carbocycles. The molecular weight excluding hydrogens is 326 g/mol. The van der Waals surface area contributed by atoms with Crippen LogP contribution in [0.1, 0.15) is 22.5 Å². The average molecular weight is 339 g/mol. The Morgan fingerprint density at radius 1 is 1.32 bits per heavy atom. The van der Waals surface area contributed by atoms with Crippen molar-refractivity contribution in [2.24, 2.45) is 0 Å². The van der Waals surface area contributed by atoms with E-state index in [9.17, 15) is 14.9 Å². The van der Waals surface area contributed by atoms with Gasteiger partial charge in [-0.2, -0.15) is 5.26 Å². The summed E-state index contributed by atoms with van der Waals surface area (Å²) < 4.78 is 5.68. The number of hydrogen-bond acceptors (Lipinski definition) is 7. The summed E-state index contributed by atoms with van der Waals surface area (Å²) >= 11 is 0. The van der Waals surface area contributed by atoms with Gasteiger partial charge in [0.15, 0.2) is 0 Å². The number of amides is 1. The molecule has 1 saturated heterocycles. The summed E-state index contributed by atoms with van der Waals surface area (Å²) in [6, 6.07) is 7.38. The number of nitro benzene ring substituents is 1. The summed E-state index contributed by atoms with van der Waals surface area (Å²) in [5, 5.41) is 19.7. The highest BCUT2D eigenvalue weighted by Gasteiger charge is 2.29.